The van der Waals surface area contributed by atoms with Crippen LogP contribution in [0.15, 0.2) is 30.3 Å². The second-order valence-electron chi connectivity index (χ2n) is 5.60. The maximum Gasteiger partial charge on any atom is 0.184 e. The number of nitrogens with one attached hydrogen (secondary N) is 1. The summed E-state index contributed by atoms with van der Waals surface area (Å²) in [5.41, 5.74) is 3.82. The molecule has 0 aromatic heterocycles. The fourth-order valence-corrected chi connectivity index (χ4v) is 3.15. The van der Waals surface area contributed by atoms with Crippen LogP contribution in [-0.4, -0.2) is 38.5 Å². The second-order valence-corrected chi connectivity index (χ2v) is 5.60. The van der Waals surface area contributed by atoms with Gasteiger partial charge in [0.15, 0.2) is 6.29 Å². The fraction of sp³-hybridized carbons (Fsp3) is 0.500. The summed E-state index contributed by atoms with van der Waals surface area (Å²) in [7, 11) is 0. The molecule has 0 amide bonds. The molecule has 1 N–H and O–H groups in total. The predicted octanol–water partition coefficient (Wildman–Crippen LogP) is 1.88. The molecular formula is C16H19NO3. The molecule has 1 aromatic rings. The number of ether oxygens (including phenoxy) is 3. The van der Waals surface area contributed by atoms with Crippen molar-refractivity contribution in [1.29, 1.82) is 0 Å². The van der Waals surface area contributed by atoms with E-state index in [0.717, 1.165) is 25.2 Å². The Morgan fingerprint density at radius 2 is 1.80 bits per heavy atom. The molecule has 2 fully saturated rings. The van der Waals surface area contributed by atoms with Crippen molar-refractivity contribution in [3.63, 3.8) is 0 Å². The molecule has 20 heavy (non-hydrogen) atoms. The molecule has 1 aromatic carbocycles. The van der Waals surface area contributed by atoms with Gasteiger partial charge in [0.1, 0.15) is 0 Å². The minimum atomic E-state index is -0.182. The van der Waals surface area contributed by atoms with E-state index < -0.39 is 0 Å². The van der Waals surface area contributed by atoms with E-state index in [1.807, 2.05) is 0 Å². The normalized spacial score (nSPS) is 30.3. The Kier molecular flexibility index (Phi) is 3.32. The lowest BCUT2D eigenvalue weighted by Gasteiger charge is -2.35. The molecule has 0 saturated carbocycles. The van der Waals surface area contributed by atoms with Crippen molar-refractivity contribution in [2.75, 3.05) is 26.4 Å². The molecule has 0 aliphatic carbocycles. The molecule has 3 heterocycles. The van der Waals surface area contributed by atoms with Gasteiger partial charge in [-0.15, -0.1) is 0 Å². The molecule has 106 valence electrons. The average molecular weight is 273 g/mol. The van der Waals surface area contributed by atoms with Gasteiger partial charge in [-0.3, -0.25) is 0 Å². The third kappa shape index (κ3) is 2.40. The standard InChI is InChI=1S/C16H19NO3/c1-3-12(16-19-5-6-20-16)4-2-11(1)13-7-14-9-18-10-15(8-13)17-14/h1-4,7,14-17H,5-6,8-10H2. The summed E-state index contributed by atoms with van der Waals surface area (Å²) in [5, 5.41) is 3.57. The molecule has 2 unspecified atom stereocenters. The van der Waals surface area contributed by atoms with Crippen molar-refractivity contribution < 1.29 is 14.2 Å². The highest BCUT2D eigenvalue weighted by Crippen LogP contribution is 2.29. The van der Waals surface area contributed by atoms with Gasteiger partial charge in [-0.2, -0.15) is 0 Å². The first-order valence-corrected chi connectivity index (χ1v) is 7.26. The Labute approximate surface area is 118 Å². The lowest BCUT2D eigenvalue weighted by molar-refractivity contribution is -0.0441. The summed E-state index contributed by atoms with van der Waals surface area (Å²) in [5.74, 6) is 0. The van der Waals surface area contributed by atoms with Gasteiger partial charge in [0.2, 0.25) is 0 Å². The van der Waals surface area contributed by atoms with Crippen molar-refractivity contribution in [2.24, 2.45) is 0 Å². The summed E-state index contributed by atoms with van der Waals surface area (Å²) < 4.78 is 16.6. The molecule has 3 aliphatic rings. The zero-order valence-corrected chi connectivity index (χ0v) is 11.4. The van der Waals surface area contributed by atoms with Crippen LogP contribution >= 0.6 is 0 Å². The van der Waals surface area contributed by atoms with E-state index in [0.29, 0.717) is 25.3 Å². The molecule has 2 atom stereocenters. The highest BCUT2D eigenvalue weighted by molar-refractivity contribution is 5.68. The van der Waals surface area contributed by atoms with Crippen LogP contribution in [0.3, 0.4) is 0 Å². The van der Waals surface area contributed by atoms with Crippen molar-refractivity contribution in [3.05, 3.63) is 41.5 Å². The molecule has 0 spiro atoms. The van der Waals surface area contributed by atoms with Gasteiger partial charge in [-0.25, -0.2) is 0 Å². The van der Waals surface area contributed by atoms with E-state index in [1.165, 1.54) is 11.1 Å². The summed E-state index contributed by atoms with van der Waals surface area (Å²) in [6.45, 7) is 2.97. The molecule has 4 rings (SSSR count). The third-order valence-electron chi connectivity index (χ3n) is 4.11. The zero-order valence-electron chi connectivity index (χ0n) is 11.4. The van der Waals surface area contributed by atoms with Gasteiger partial charge in [-0.1, -0.05) is 30.3 Å². The van der Waals surface area contributed by atoms with Crippen LogP contribution in [0.1, 0.15) is 23.8 Å². The Morgan fingerprint density at radius 3 is 2.55 bits per heavy atom. The van der Waals surface area contributed by atoms with E-state index in [2.05, 4.69) is 35.7 Å². The van der Waals surface area contributed by atoms with E-state index >= 15 is 0 Å². The van der Waals surface area contributed by atoms with Gasteiger partial charge in [0.25, 0.3) is 0 Å². The number of benzene rings is 1. The smallest absolute Gasteiger partial charge is 0.184 e. The van der Waals surface area contributed by atoms with Gasteiger partial charge >= 0.3 is 0 Å². The highest BCUT2D eigenvalue weighted by Gasteiger charge is 2.26. The van der Waals surface area contributed by atoms with Crippen molar-refractivity contribution in [3.8, 4) is 0 Å². The number of rotatable bonds is 2. The van der Waals surface area contributed by atoms with E-state index in [4.69, 9.17) is 14.2 Å². The lowest BCUT2D eigenvalue weighted by Crippen LogP contribution is -2.50. The molecule has 0 radical (unpaired) electrons. The minimum absolute atomic E-state index is 0.182. The molecule has 2 bridgehead atoms. The maximum atomic E-state index is 5.57. The van der Waals surface area contributed by atoms with E-state index in [-0.39, 0.29) is 6.29 Å². The minimum Gasteiger partial charge on any atom is -0.378 e. The number of fused-ring (bicyclic) bond motifs is 2. The Hall–Kier alpha value is -1.20. The van der Waals surface area contributed by atoms with Gasteiger partial charge < -0.3 is 19.5 Å². The van der Waals surface area contributed by atoms with E-state index in [9.17, 15) is 0 Å². The Balaban J connectivity index is 1.55. The van der Waals surface area contributed by atoms with Crippen LogP contribution in [0.2, 0.25) is 0 Å². The van der Waals surface area contributed by atoms with Crippen LogP contribution in [0.5, 0.6) is 0 Å². The van der Waals surface area contributed by atoms with Crippen LogP contribution in [0, 0.1) is 0 Å². The summed E-state index contributed by atoms with van der Waals surface area (Å²) in [4.78, 5) is 0. The summed E-state index contributed by atoms with van der Waals surface area (Å²) >= 11 is 0. The van der Waals surface area contributed by atoms with Crippen molar-refractivity contribution in [1.82, 2.24) is 5.32 Å². The SMILES string of the molecule is C1=C(c2ccc(C3OCCO3)cc2)CC2COCC1N2. The molecule has 4 heteroatoms. The molecule has 2 saturated heterocycles. The van der Waals surface area contributed by atoms with Gasteiger partial charge in [-0.05, 0) is 17.6 Å². The number of hydrogen-bond acceptors (Lipinski definition) is 4. The number of morpholine rings is 1. The monoisotopic (exact) mass is 273 g/mol. The lowest BCUT2D eigenvalue weighted by atomic mass is 9.91. The van der Waals surface area contributed by atoms with Gasteiger partial charge in [0, 0.05) is 17.6 Å². The second kappa shape index (κ2) is 5.30. The molecule has 3 aliphatic heterocycles. The number of hydrogen-bond donors (Lipinski definition) is 1. The maximum absolute atomic E-state index is 5.57. The topological polar surface area (TPSA) is 39.7 Å². The van der Waals surface area contributed by atoms with Crippen LogP contribution in [-0.2, 0) is 14.2 Å². The van der Waals surface area contributed by atoms with Crippen LogP contribution in [0.4, 0.5) is 0 Å². The van der Waals surface area contributed by atoms with E-state index in [1.54, 1.807) is 0 Å². The predicted molar refractivity (Wildman–Crippen MR) is 75.2 cm³/mol. The molecular weight excluding hydrogens is 254 g/mol. The first kappa shape index (κ1) is 12.5. The Bertz CT molecular complexity index is 505. The fourth-order valence-electron chi connectivity index (χ4n) is 3.15. The van der Waals surface area contributed by atoms with Crippen molar-refractivity contribution >= 4 is 5.57 Å². The average Bonchev–Trinajstić information content (AvgIpc) is 3.01. The highest BCUT2D eigenvalue weighted by atomic mass is 16.7. The Morgan fingerprint density at radius 1 is 1.00 bits per heavy atom. The zero-order chi connectivity index (χ0) is 13.4. The largest absolute Gasteiger partial charge is 0.378 e. The van der Waals surface area contributed by atoms with Crippen LogP contribution in [0.25, 0.3) is 5.57 Å². The third-order valence-corrected chi connectivity index (χ3v) is 4.11. The summed E-state index contributed by atoms with van der Waals surface area (Å²) in [6.07, 6.45) is 3.15. The van der Waals surface area contributed by atoms with Crippen molar-refractivity contribution in [2.45, 2.75) is 24.8 Å². The molecule has 4 nitrogen and oxygen atoms in total. The quantitative estimate of drug-likeness (QED) is 0.893. The van der Waals surface area contributed by atoms with Gasteiger partial charge in [0.05, 0.1) is 26.4 Å². The summed E-state index contributed by atoms with van der Waals surface area (Å²) in [6, 6.07) is 9.39. The van der Waals surface area contributed by atoms with Crippen LogP contribution < -0.4 is 5.32 Å². The first-order chi connectivity index (χ1) is 9.88. The first-order valence-electron chi connectivity index (χ1n) is 7.26.